The number of piperidine rings is 1. The summed E-state index contributed by atoms with van der Waals surface area (Å²) in [4.78, 5) is 8.22. The molecule has 0 unspecified atom stereocenters. The highest BCUT2D eigenvalue weighted by molar-refractivity contribution is 14.0. The molecule has 1 aromatic carbocycles. The Labute approximate surface area is 171 Å². The van der Waals surface area contributed by atoms with Gasteiger partial charge in [-0.15, -0.1) is 35.3 Å². The smallest absolute Gasteiger partial charge is 0.191 e. The Kier molecular flexibility index (Phi) is 8.71. The number of rotatable bonds is 5. The number of nitrogens with one attached hydrogen (secondary N) is 2. The molecule has 25 heavy (non-hydrogen) atoms. The Balaban J connectivity index is 0.00000225. The minimum atomic E-state index is 0. The Morgan fingerprint density at radius 3 is 2.56 bits per heavy atom. The highest BCUT2D eigenvalue weighted by Gasteiger charge is 2.19. The second kappa shape index (κ2) is 10.8. The van der Waals surface area contributed by atoms with Crippen LogP contribution in [0.25, 0.3) is 0 Å². The zero-order valence-corrected chi connectivity index (χ0v) is 17.8. The van der Waals surface area contributed by atoms with Crippen LogP contribution in [0, 0.1) is 0 Å². The lowest BCUT2D eigenvalue weighted by Gasteiger charge is -2.33. The number of benzene rings is 1. The third-order valence-electron chi connectivity index (χ3n) is 4.41. The maximum Gasteiger partial charge on any atom is 0.191 e. The molecule has 4 nitrogen and oxygen atoms in total. The third-order valence-corrected chi connectivity index (χ3v) is 5.29. The SMILES string of the molecule is CN=C(NCc1cccs1)NC1CCN(Cc2ccccc2)CC1.I. The molecule has 2 aromatic rings. The number of aliphatic imine (C=N–C) groups is 1. The molecule has 0 atom stereocenters. The predicted molar refractivity (Wildman–Crippen MR) is 118 cm³/mol. The largest absolute Gasteiger partial charge is 0.354 e. The van der Waals surface area contributed by atoms with Crippen LogP contribution in [0.4, 0.5) is 0 Å². The van der Waals surface area contributed by atoms with Gasteiger partial charge in [-0.1, -0.05) is 36.4 Å². The van der Waals surface area contributed by atoms with Crippen LogP contribution in [0.2, 0.25) is 0 Å². The highest BCUT2D eigenvalue weighted by Crippen LogP contribution is 2.14. The molecule has 1 saturated heterocycles. The van der Waals surface area contributed by atoms with Gasteiger partial charge in [-0.3, -0.25) is 9.89 Å². The van der Waals surface area contributed by atoms with E-state index in [1.54, 1.807) is 11.3 Å². The Morgan fingerprint density at radius 2 is 1.92 bits per heavy atom. The molecule has 1 aliphatic heterocycles. The van der Waals surface area contributed by atoms with E-state index in [9.17, 15) is 0 Å². The maximum absolute atomic E-state index is 4.35. The average Bonchev–Trinajstić information content (AvgIpc) is 3.14. The fourth-order valence-corrected chi connectivity index (χ4v) is 3.69. The maximum atomic E-state index is 4.35. The first-order valence-electron chi connectivity index (χ1n) is 8.59. The zero-order chi connectivity index (χ0) is 16.6. The van der Waals surface area contributed by atoms with E-state index in [2.05, 4.69) is 68.4 Å². The molecular formula is C19H27IN4S. The van der Waals surface area contributed by atoms with E-state index in [1.807, 2.05) is 7.05 Å². The van der Waals surface area contributed by atoms with Crippen LogP contribution >= 0.6 is 35.3 Å². The fourth-order valence-electron chi connectivity index (χ4n) is 3.05. The van der Waals surface area contributed by atoms with Crippen LogP contribution in [-0.4, -0.2) is 37.0 Å². The third kappa shape index (κ3) is 6.60. The summed E-state index contributed by atoms with van der Waals surface area (Å²) in [5, 5.41) is 9.08. The van der Waals surface area contributed by atoms with Crippen LogP contribution in [-0.2, 0) is 13.1 Å². The fraction of sp³-hybridized carbons (Fsp3) is 0.421. The van der Waals surface area contributed by atoms with Crippen molar-refractivity contribution in [2.24, 2.45) is 4.99 Å². The van der Waals surface area contributed by atoms with Crippen molar-refractivity contribution in [1.82, 2.24) is 15.5 Å². The first-order valence-corrected chi connectivity index (χ1v) is 9.47. The van der Waals surface area contributed by atoms with E-state index in [-0.39, 0.29) is 24.0 Å². The molecular weight excluding hydrogens is 443 g/mol. The van der Waals surface area contributed by atoms with Gasteiger partial charge in [0.1, 0.15) is 0 Å². The number of likely N-dealkylation sites (tertiary alicyclic amines) is 1. The van der Waals surface area contributed by atoms with Crippen molar-refractivity contribution in [2.75, 3.05) is 20.1 Å². The number of hydrogen-bond acceptors (Lipinski definition) is 3. The monoisotopic (exact) mass is 470 g/mol. The lowest BCUT2D eigenvalue weighted by atomic mass is 10.0. The molecule has 0 amide bonds. The van der Waals surface area contributed by atoms with Crippen LogP contribution in [0.3, 0.4) is 0 Å². The summed E-state index contributed by atoms with van der Waals surface area (Å²) in [6, 6.07) is 15.5. The lowest BCUT2D eigenvalue weighted by Crippen LogP contribution is -2.48. The van der Waals surface area contributed by atoms with Crippen LogP contribution in [0.15, 0.2) is 52.8 Å². The van der Waals surface area contributed by atoms with Crippen molar-refractivity contribution < 1.29 is 0 Å². The van der Waals surface area contributed by atoms with E-state index < -0.39 is 0 Å². The number of halogens is 1. The Bertz CT molecular complexity index is 622. The number of guanidine groups is 1. The molecule has 0 saturated carbocycles. The number of hydrogen-bond donors (Lipinski definition) is 2. The summed E-state index contributed by atoms with van der Waals surface area (Å²) in [6.45, 7) is 4.16. The molecule has 1 aliphatic rings. The summed E-state index contributed by atoms with van der Waals surface area (Å²) >= 11 is 1.77. The summed E-state index contributed by atoms with van der Waals surface area (Å²) in [6.07, 6.45) is 2.32. The van der Waals surface area contributed by atoms with Gasteiger partial charge in [-0.25, -0.2) is 0 Å². The lowest BCUT2D eigenvalue weighted by molar-refractivity contribution is 0.198. The van der Waals surface area contributed by atoms with Crippen molar-refractivity contribution in [3.05, 3.63) is 58.3 Å². The number of nitrogens with zero attached hydrogens (tertiary/aromatic N) is 2. The summed E-state index contributed by atoms with van der Waals surface area (Å²) in [5.41, 5.74) is 1.40. The summed E-state index contributed by atoms with van der Waals surface area (Å²) in [7, 11) is 1.84. The molecule has 1 fully saturated rings. The second-order valence-electron chi connectivity index (χ2n) is 6.19. The van der Waals surface area contributed by atoms with Crippen molar-refractivity contribution in [2.45, 2.75) is 32.0 Å². The van der Waals surface area contributed by atoms with Gasteiger partial charge in [0.05, 0.1) is 6.54 Å². The molecule has 3 rings (SSSR count). The van der Waals surface area contributed by atoms with Crippen molar-refractivity contribution in [3.8, 4) is 0 Å². The molecule has 2 heterocycles. The molecule has 2 N–H and O–H groups in total. The average molecular weight is 470 g/mol. The van der Waals surface area contributed by atoms with Gasteiger partial charge < -0.3 is 10.6 Å². The standard InChI is InChI=1S/C19H26N4S.HI/c1-20-19(21-14-18-8-5-13-24-18)22-17-9-11-23(12-10-17)15-16-6-3-2-4-7-16;/h2-8,13,17H,9-12,14-15H2,1H3,(H2,20,21,22);1H. The molecule has 0 aliphatic carbocycles. The van der Waals surface area contributed by atoms with E-state index in [0.717, 1.165) is 45.0 Å². The Hall–Kier alpha value is -1.12. The van der Waals surface area contributed by atoms with Crippen molar-refractivity contribution in [3.63, 3.8) is 0 Å². The minimum absolute atomic E-state index is 0. The predicted octanol–water partition coefficient (Wildman–Crippen LogP) is 3.70. The van der Waals surface area contributed by atoms with Crippen LogP contribution in [0.5, 0.6) is 0 Å². The molecule has 1 aromatic heterocycles. The van der Waals surface area contributed by atoms with Gasteiger partial charge in [-0.05, 0) is 29.9 Å². The van der Waals surface area contributed by atoms with Crippen LogP contribution < -0.4 is 10.6 Å². The van der Waals surface area contributed by atoms with Crippen molar-refractivity contribution in [1.29, 1.82) is 0 Å². The molecule has 0 radical (unpaired) electrons. The van der Waals surface area contributed by atoms with Gasteiger partial charge >= 0.3 is 0 Å². The van der Waals surface area contributed by atoms with Gasteiger partial charge in [0.25, 0.3) is 0 Å². The number of thiophene rings is 1. The topological polar surface area (TPSA) is 39.7 Å². The van der Waals surface area contributed by atoms with Gasteiger partial charge in [0.15, 0.2) is 5.96 Å². The van der Waals surface area contributed by atoms with Gasteiger partial charge in [-0.2, -0.15) is 0 Å². The first-order chi connectivity index (χ1) is 11.8. The van der Waals surface area contributed by atoms with E-state index in [1.165, 1.54) is 10.4 Å². The van der Waals surface area contributed by atoms with E-state index in [4.69, 9.17) is 0 Å². The van der Waals surface area contributed by atoms with Crippen LogP contribution in [0.1, 0.15) is 23.3 Å². The molecule has 136 valence electrons. The first kappa shape index (κ1) is 20.2. The minimum Gasteiger partial charge on any atom is -0.354 e. The van der Waals surface area contributed by atoms with Crippen molar-refractivity contribution >= 4 is 41.3 Å². The molecule has 0 bridgehead atoms. The quantitative estimate of drug-likeness (QED) is 0.398. The summed E-state index contributed by atoms with van der Waals surface area (Å²) < 4.78 is 0. The summed E-state index contributed by atoms with van der Waals surface area (Å²) in [5.74, 6) is 0.907. The second-order valence-corrected chi connectivity index (χ2v) is 7.22. The van der Waals surface area contributed by atoms with Gasteiger partial charge in [0, 0.05) is 37.6 Å². The van der Waals surface area contributed by atoms with Gasteiger partial charge in [0.2, 0.25) is 0 Å². The zero-order valence-electron chi connectivity index (χ0n) is 14.6. The Morgan fingerprint density at radius 1 is 1.16 bits per heavy atom. The van der Waals surface area contributed by atoms with E-state index >= 15 is 0 Å². The molecule has 6 heteroatoms. The molecule has 0 spiro atoms. The normalized spacial score (nSPS) is 16.3. The van der Waals surface area contributed by atoms with E-state index in [0.29, 0.717) is 6.04 Å². The highest BCUT2D eigenvalue weighted by atomic mass is 127.